The second kappa shape index (κ2) is 4.43. The summed E-state index contributed by atoms with van der Waals surface area (Å²) in [4.78, 5) is 12.3. The zero-order valence-corrected chi connectivity index (χ0v) is 11.5. The van der Waals surface area contributed by atoms with Gasteiger partial charge in [-0.2, -0.15) is 0 Å². The minimum Gasteiger partial charge on any atom is -0.484 e. The van der Waals surface area contributed by atoms with Crippen molar-refractivity contribution in [3.63, 3.8) is 0 Å². The topological polar surface area (TPSA) is 26.3 Å². The summed E-state index contributed by atoms with van der Waals surface area (Å²) in [5.74, 6) is 0.627. The largest absolute Gasteiger partial charge is 0.484 e. The Labute approximate surface area is 116 Å². The second-order valence-corrected chi connectivity index (χ2v) is 6.05. The maximum atomic E-state index is 12.3. The Morgan fingerprint density at radius 3 is 2.56 bits per heavy atom. The zero-order valence-electron chi connectivity index (χ0n) is 9.97. The van der Waals surface area contributed by atoms with Crippen LogP contribution in [0.3, 0.4) is 0 Å². The summed E-state index contributed by atoms with van der Waals surface area (Å²) in [5.41, 5.74) is 0.212. The van der Waals surface area contributed by atoms with Gasteiger partial charge in [-0.3, -0.25) is 4.79 Å². The molecule has 0 unspecified atom stereocenters. The molecule has 0 bridgehead atoms. The third kappa shape index (κ3) is 2.02. The number of rotatable bonds is 0. The monoisotopic (exact) mass is 284 g/mol. The lowest BCUT2D eigenvalue weighted by atomic mass is 9.78. The van der Waals surface area contributed by atoms with E-state index in [0.29, 0.717) is 27.8 Å². The Morgan fingerprint density at radius 1 is 1.11 bits per heavy atom. The number of benzene rings is 1. The number of ketones is 1. The number of fused-ring (bicyclic) bond motifs is 1. The summed E-state index contributed by atoms with van der Waals surface area (Å²) in [6.07, 6.45) is 5.80. The van der Waals surface area contributed by atoms with Crippen molar-refractivity contribution >= 4 is 29.0 Å². The minimum absolute atomic E-state index is 0.0996. The Morgan fingerprint density at radius 2 is 1.83 bits per heavy atom. The van der Waals surface area contributed by atoms with Crippen LogP contribution in [-0.4, -0.2) is 11.4 Å². The molecule has 1 aromatic carbocycles. The van der Waals surface area contributed by atoms with Crippen LogP contribution in [-0.2, 0) is 0 Å². The number of carbonyl (C=O) groups is 1. The standard InChI is InChI=1S/C14H14Cl2O2/c15-9-6-10-12(17)8-14(4-2-1-3-5-14)18-13(10)11(16)7-9/h6-7H,1-5,8H2. The van der Waals surface area contributed by atoms with Gasteiger partial charge in [-0.1, -0.05) is 29.6 Å². The quantitative estimate of drug-likeness (QED) is 0.693. The summed E-state index contributed by atoms with van der Waals surface area (Å²) in [5, 5.41) is 0.922. The van der Waals surface area contributed by atoms with Crippen LogP contribution in [0.4, 0.5) is 0 Å². The van der Waals surface area contributed by atoms with Gasteiger partial charge in [-0.25, -0.2) is 0 Å². The van der Waals surface area contributed by atoms with Gasteiger partial charge in [0.05, 0.1) is 17.0 Å². The normalized spacial score (nSPS) is 21.6. The highest BCUT2D eigenvalue weighted by Gasteiger charge is 2.42. The van der Waals surface area contributed by atoms with Crippen molar-refractivity contribution in [1.29, 1.82) is 0 Å². The van der Waals surface area contributed by atoms with Gasteiger partial charge in [0, 0.05) is 5.02 Å². The Kier molecular flexibility index (Phi) is 3.03. The SMILES string of the molecule is O=C1CC2(CCCCC2)Oc2c(Cl)cc(Cl)cc21. The molecule has 18 heavy (non-hydrogen) atoms. The van der Waals surface area contributed by atoms with E-state index < -0.39 is 0 Å². The predicted molar refractivity (Wildman–Crippen MR) is 71.9 cm³/mol. The van der Waals surface area contributed by atoms with Crippen molar-refractivity contribution in [2.45, 2.75) is 44.1 Å². The average molecular weight is 285 g/mol. The number of hydrogen-bond donors (Lipinski definition) is 0. The van der Waals surface area contributed by atoms with E-state index in [1.54, 1.807) is 12.1 Å². The summed E-state index contributed by atoms with van der Waals surface area (Å²) in [7, 11) is 0. The molecule has 96 valence electrons. The first-order valence-corrected chi connectivity index (χ1v) is 7.07. The molecule has 2 nitrogen and oxygen atoms in total. The molecule has 0 amide bonds. The van der Waals surface area contributed by atoms with E-state index in [-0.39, 0.29) is 11.4 Å². The van der Waals surface area contributed by atoms with Crippen LogP contribution in [0.15, 0.2) is 12.1 Å². The molecule has 1 saturated carbocycles. The molecular formula is C14H14Cl2O2. The first-order chi connectivity index (χ1) is 8.60. The molecule has 0 aromatic heterocycles. The number of Topliss-reactive ketones (excluding diaryl/α,β-unsaturated/α-hetero) is 1. The van der Waals surface area contributed by atoms with Gasteiger partial charge in [0.15, 0.2) is 5.78 Å². The van der Waals surface area contributed by atoms with Crippen molar-refractivity contribution in [2.75, 3.05) is 0 Å². The number of ether oxygens (including phenoxy) is 1. The lowest BCUT2D eigenvalue weighted by Crippen LogP contribution is -2.43. The molecule has 0 saturated heterocycles. The average Bonchev–Trinajstić information content (AvgIpc) is 2.32. The fourth-order valence-electron chi connectivity index (χ4n) is 2.99. The summed E-state index contributed by atoms with van der Waals surface area (Å²) >= 11 is 12.1. The third-order valence-electron chi connectivity index (χ3n) is 3.87. The van der Waals surface area contributed by atoms with Crippen LogP contribution in [0.2, 0.25) is 10.0 Å². The maximum Gasteiger partial charge on any atom is 0.170 e. The van der Waals surface area contributed by atoms with Gasteiger partial charge in [0.25, 0.3) is 0 Å². The molecular weight excluding hydrogens is 271 g/mol. The first kappa shape index (κ1) is 12.3. The second-order valence-electron chi connectivity index (χ2n) is 5.21. The molecule has 4 heteroatoms. The van der Waals surface area contributed by atoms with Crippen molar-refractivity contribution in [2.24, 2.45) is 0 Å². The third-order valence-corrected chi connectivity index (χ3v) is 4.37. The molecule has 1 spiro atoms. The maximum absolute atomic E-state index is 12.3. The van der Waals surface area contributed by atoms with E-state index in [9.17, 15) is 4.79 Å². The van der Waals surface area contributed by atoms with Gasteiger partial charge in [-0.05, 0) is 37.8 Å². The molecule has 0 N–H and O–H groups in total. The smallest absolute Gasteiger partial charge is 0.170 e. The predicted octanol–water partition coefficient (Wildman–Crippen LogP) is 4.66. The molecule has 3 rings (SSSR count). The molecule has 1 aliphatic carbocycles. The van der Waals surface area contributed by atoms with E-state index in [1.807, 2.05) is 0 Å². The molecule has 1 fully saturated rings. The minimum atomic E-state index is -0.320. The van der Waals surface area contributed by atoms with Crippen LogP contribution in [0.25, 0.3) is 0 Å². The van der Waals surface area contributed by atoms with Gasteiger partial charge in [0.2, 0.25) is 0 Å². The Balaban J connectivity index is 2.04. The van der Waals surface area contributed by atoms with E-state index >= 15 is 0 Å². The Bertz CT molecular complexity index is 505. The number of hydrogen-bond acceptors (Lipinski definition) is 2. The zero-order chi connectivity index (χ0) is 12.8. The molecule has 0 atom stereocenters. The van der Waals surface area contributed by atoms with E-state index in [1.165, 1.54) is 6.42 Å². The van der Waals surface area contributed by atoms with Crippen LogP contribution in [0, 0.1) is 0 Å². The van der Waals surface area contributed by atoms with Gasteiger partial charge >= 0.3 is 0 Å². The fraction of sp³-hybridized carbons (Fsp3) is 0.500. The highest BCUT2D eigenvalue weighted by molar-refractivity contribution is 6.36. The number of carbonyl (C=O) groups excluding carboxylic acids is 1. The fourth-order valence-corrected chi connectivity index (χ4v) is 3.52. The van der Waals surface area contributed by atoms with Gasteiger partial charge in [0.1, 0.15) is 11.4 Å². The molecule has 1 aromatic rings. The van der Waals surface area contributed by atoms with Crippen LogP contribution in [0.5, 0.6) is 5.75 Å². The van der Waals surface area contributed by atoms with Crippen LogP contribution in [0.1, 0.15) is 48.9 Å². The van der Waals surface area contributed by atoms with Crippen molar-refractivity contribution in [3.05, 3.63) is 27.7 Å². The number of halogens is 2. The van der Waals surface area contributed by atoms with Crippen molar-refractivity contribution in [3.8, 4) is 5.75 Å². The molecule has 1 heterocycles. The lowest BCUT2D eigenvalue weighted by molar-refractivity contribution is 0.0137. The van der Waals surface area contributed by atoms with E-state index in [4.69, 9.17) is 27.9 Å². The van der Waals surface area contributed by atoms with Crippen LogP contribution >= 0.6 is 23.2 Å². The highest BCUT2D eigenvalue weighted by Crippen LogP contribution is 2.45. The summed E-state index contributed by atoms with van der Waals surface area (Å²) in [6, 6.07) is 3.29. The van der Waals surface area contributed by atoms with E-state index in [2.05, 4.69) is 0 Å². The van der Waals surface area contributed by atoms with Gasteiger partial charge in [-0.15, -0.1) is 0 Å². The van der Waals surface area contributed by atoms with Gasteiger partial charge < -0.3 is 4.74 Å². The van der Waals surface area contributed by atoms with Crippen molar-refractivity contribution in [1.82, 2.24) is 0 Å². The Hall–Kier alpha value is -0.730. The highest BCUT2D eigenvalue weighted by atomic mass is 35.5. The molecule has 0 radical (unpaired) electrons. The van der Waals surface area contributed by atoms with Crippen molar-refractivity contribution < 1.29 is 9.53 Å². The first-order valence-electron chi connectivity index (χ1n) is 6.31. The summed E-state index contributed by atoms with van der Waals surface area (Å²) < 4.78 is 6.11. The summed E-state index contributed by atoms with van der Waals surface area (Å²) in [6.45, 7) is 0. The lowest BCUT2D eigenvalue weighted by Gasteiger charge is -2.41. The molecule has 1 aliphatic heterocycles. The van der Waals surface area contributed by atoms with E-state index in [0.717, 1.165) is 25.7 Å². The molecule has 2 aliphatic rings. The van der Waals surface area contributed by atoms with Crippen LogP contribution < -0.4 is 4.74 Å².